The quantitative estimate of drug-likeness (QED) is 0.0196. The van der Waals surface area contributed by atoms with Crippen LogP contribution in [-0.4, -0.2) is 93.2 Å². The fourth-order valence-corrected chi connectivity index (χ4v) is 6.70. The van der Waals surface area contributed by atoms with Gasteiger partial charge in [-0.1, -0.05) is 42.5 Å². The van der Waals surface area contributed by atoms with Gasteiger partial charge in [-0.05, 0) is 64.3 Å². The Morgan fingerprint density at radius 3 is 1.94 bits per heavy atom. The molecule has 0 aliphatic carbocycles. The zero-order valence-corrected chi connectivity index (χ0v) is 29.8. The van der Waals surface area contributed by atoms with Gasteiger partial charge in [0.05, 0.1) is 6.04 Å². The Morgan fingerprint density at radius 1 is 0.776 bits per heavy atom. The van der Waals surface area contributed by atoms with Crippen LogP contribution in [0, 0.1) is 0 Å². The highest BCUT2D eigenvalue weighted by Crippen LogP contribution is 2.22. The Hall–Kier alpha value is -3.62. The highest BCUT2D eigenvalue weighted by atomic mass is 33.1. The molecule has 2 aromatic rings. The number of benzene rings is 2. The van der Waals surface area contributed by atoms with E-state index >= 15 is 0 Å². The normalized spacial score (nSPS) is 13.9. The van der Waals surface area contributed by atoms with Crippen molar-refractivity contribution in [3.63, 3.8) is 0 Å². The lowest BCUT2D eigenvalue weighted by molar-refractivity contribution is -0.142. The van der Waals surface area contributed by atoms with Crippen LogP contribution in [0.2, 0.25) is 0 Å². The molecule has 3 amide bonds. The second-order valence-electron chi connectivity index (χ2n) is 10.7. The summed E-state index contributed by atoms with van der Waals surface area (Å²) in [6.45, 7) is 0.159. The van der Waals surface area contributed by atoms with Crippen LogP contribution >= 0.6 is 47.0 Å². The van der Waals surface area contributed by atoms with Crippen LogP contribution < -0.4 is 37.9 Å². The molecule has 0 saturated carbocycles. The summed E-state index contributed by atoms with van der Waals surface area (Å²) >= 11 is 8.41. The van der Waals surface area contributed by atoms with Crippen LogP contribution in [0.1, 0.15) is 24.0 Å². The van der Waals surface area contributed by atoms with Crippen molar-refractivity contribution in [2.45, 2.75) is 55.9 Å². The minimum atomic E-state index is -1.29. The molecule has 19 heteroatoms. The van der Waals surface area contributed by atoms with E-state index < -0.39 is 59.0 Å². The third kappa shape index (κ3) is 15.6. The molecule has 2 rings (SSSR count). The molecule has 0 spiro atoms. The number of amides is 3. The van der Waals surface area contributed by atoms with E-state index in [1.165, 1.54) is 12.1 Å². The van der Waals surface area contributed by atoms with Crippen molar-refractivity contribution >= 4 is 81.8 Å². The number of hydrogen-bond donors (Lipinski definition) is 11. The average molecular weight is 755 g/mol. The number of carbonyl (C=O) groups excluding carboxylic acids is 4. The molecule has 0 heterocycles. The number of aliphatic imine (C=N–C) groups is 1. The summed E-state index contributed by atoms with van der Waals surface area (Å²) in [5.74, 6) is -3.39. The van der Waals surface area contributed by atoms with E-state index in [1.54, 1.807) is 12.1 Å². The van der Waals surface area contributed by atoms with Crippen LogP contribution in [0.15, 0.2) is 59.6 Å². The van der Waals surface area contributed by atoms with Gasteiger partial charge in [-0.2, -0.15) is 25.3 Å². The lowest BCUT2D eigenvalue weighted by Crippen LogP contribution is -2.55. The van der Waals surface area contributed by atoms with Gasteiger partial charge in [0.25, 0.3) is 0 Å². The van der Waals surface area contributed by atoms with Gasteiger partial charge in [0, 0.05) is 24.5 Å². The van der Waals surface area contributed by atoms with Crippen molar-refractivity contribution in [3.8, 4) is 5.75 Å². The SMILES string of the molecule is NC(N)=NCCC[C@H](NC(=O)[C@H](Cc1ccc(O)cc1)NC(=O)[C@H](CS)NSSC(=O)[C@H](CS)NC(=O)[C@@H](N)Cc1ccccc1)C(=O)O. The molecular formula is C30H42N8O7S4. The predicted octanol–water partition coefficient (Wildman–Crippen LogP) is -0.262. The summed E-state index contributed by atoms with van der Waals surface area (Å²) in [5, 5.41) is 26.6. The molecular weight excluding hydrogens is 713 g/mol. The smallest absolute Gasteiger partial charge is 0.326 e. The first-order chi connectivity index (χ1) is 23.3. The number of carboxylic acids is 1. The molecule has 2 aromatic carbocycles. The Morgan fingerprint density at radius 2 is 1.35 bits per heavy atom. The second kappa shape index (κ2) is 22.2. The van der Waals surface area contributed by atoms with Gasteiger partial charge in [-0.3, -0.25) is 24.2 Å². The van der Waals surface area contributed by atoms with Gasteiger partial charge in [-0.25, -0.2) is 9.52 Å². The van der Waals surface area contributed by atoms with Crippen molar-refractivity contribution in [3.05, 3.63) is 65.7 Å². The van der Waals surface area contributed by atoms with Gasteiger partial charge in [0.2, 0.25) is 22.8 Å². The van der Waals surface area contributed by atoms with Gasteiger partial charge in [0.15, 0.2) is 5.96 Å². The molecule has 12 N–H and O–H groups in total. The van der Waals surface area contributed by atoms with Crippen LogP contribution in [0.3, 0.4) is 0 Å². The second-order valence-corrected chi connectivity index (χ2v) is 13.4. The van der Waals surface area contributed by atoms with Crippen LogP contribution in [0.25, 0.3) is 0 Å². The largest absolute Gasteiger partial charge is 0.508 e. The predicted molar refractivity (Wildman–Crippen MR) is 198 cm³/mol. The minimum Gasteiger partial charge on any atom is -0.508 e. The Bertz CT molecular complexity index is 1420. The monoisotopic (exact) mass is 754 g/mol. The van der Waals surface area contributed by atoms with E-state index in [9.17, 15) is 34.2 Å². The summed E-state index contributed by atoms with van der Waals surface area (Å²) in [6.07, 6.45) is 0.535. The number of aliphatic carboxylic acids is 1. The van der Waals surface area contributed by atoms with Crippen molar-refractivity contribution in [1.82, 2.24) is 20.7 Å². The fraction of sp³-hybridized carbons (Fsp3) is 0.400. The molecule has 0 radical (unpaired) electrons. The Labute approximate surface area is 303 Å². The highest BCUT2D eigenvalue weighted by molar-refractivity contribution is 8.81. The summed E-state index contributed by atoms with van der Waals surface area (Å²) in [7, 11) is 1.56. The molecule has 15 nitrogen and oxygen atoms in total. The van der Waals surface area contributed by atoms with Gasteiger partial charge in [0.1, 0.15) is 29.9 Å². The number of nitrogens with zero attached hydrogens (tertiary/aromatic N) is 1. The number of carbonyl (C=O) groups is 5. The first-order valence-electron chi connectivity index (χ1n) is 15.0. The molecule has 0 unspecified atom stereocenters. The number of aromatic hydroxyl groups is 1. The van der Waals surface area contributed by atoms with E-state index in [0.29, 0.717) is 5.56 Å². The number of rotatable bonds is 21. The van der Waals surface area contributed by atoms with E-state index in [1.807, 2.05) is 30.3 Å². The topological polar surface area (TPSA) is 264 Å². The zero-order valence-electron chi connectivity index (χ0n) is 26.4. The number of thiol groups is 2. The van der Waals surface area contributed by atoms with Crippen LogP contribution in [-0.2, 0) is 36.8 Å². The summed E-state index contributed by atoms with van der Waals surface area (Å²) < 4.78 is 2.82. The van der Waals surface area contributed by atoms with E-state index in [0.717, 1.165) is 27.3 Å². The third-order valence-corrected chi connectivity index (χ3v) is 9.48. The van der Waals surface area contributed by atoms with Crippen LogP contribution in [0.4, 0.5) is 0 Å². The van der Waals surface area contributed by atoms with Crippen molar-refractivity contribution < 1.29 is 34.2 Å². The first kappa shape index (κ1) is 41.6. The maximum atomic E-state index is 13.3. The maximum Gasteiger partial charge on any atom is 0.326 e. The van der Waals surface area contributed by atoms with Gasteiger partial charge >= 0.3 is 5.97 Å². The highest BCUT2D eigenvalue weighted by Gasteiger charge is 2.30. The molecule has 0 saturated heterocycles. The summed E-state index contributed by atoms with van der Waals surface area (Å²) in [4.78, 5) is 67.7. The third-order valence-electron chi connectivity index (χ3n) is 6.80. The first-order valence-corrected chi connectivity index (χ1v) is 18.4. The lowest BCUT2D eigenvalue weighted by Gasteiger charge is -2.24. The average Bonchev–Trinajstić information content (AvgIpc) is 3.07. The number of carboxylic acid groups (broad SMARTS) is 1. The van der Waals surface area contributed by atoms with Crippen molar-refractivity contribution in [2.24, 2.45) is 22.2 Å². The maximum absolute atomic E-state index is 13.3. The Kier molecular flexibility index (Phi) is 18.8. The standard InChI is InChI=1S/C30H42N8O7S4/c31-20(13-17-5-2-1-3-6-17)25(40)37-24(16-47)29(45)48-49-38-23(15-46)27(42)36-22(14-18-8-10-19(39)11-9-18)26(41)35-21(28(43)44)7-4-12-34-30(32)33/h1-3,5-6,8-11,20-24,38-39,46-47H,4,7,12-16,31H2,(H,35,41)(H,36,42)(H,37,40)(H,43,44)(H4,32,33,34)/t20-,21-,22-,23-,24-/m0/s1. The minimum absolute atomic E-state index is 0.00124. The van der Waals surface area contributed by atoms with E-state index in [2.05, 4.69) is 50.9 Å². The number of nitrogens with two attached hydrogens (primary N) is 3. The number of guanidine groups is 1. The molecule has 0 aliphatic rings. The lowest BCUT2D eigenvalue weighted by atomic mass is 10.0. The number of phenolic OH excluding ortho intramolecular Hbond substituents is 1. The Balaban J connectivity index is 2.01. The molecule has 0 fully saturated rings. The van der Waals surface area contributed by atoms with Crippen molar-refractivity contribution in [1.29, 1.82) is 0 Å². The van der Waals surface area contributed by atoms with Gasteiger partial charge in [-0.15, -0.1) is 0 Å². The van der Waals surface area contributed by atoms with Crippen LogP contribution in [0.5, 0.6) is 5.75 Å². The number of nitrogens with one attached hydrogen (secondary N) is 4. The summed E-state index contributed by atoms with van der Waals surface area (Å²) in [5.41, 5.74) is 18.1. The van der Waals surface area contributed by atoms with E-state index in [4.69, 9.17) is 17.2 Å². The fourth-order valence-electron chi connectivity index (χ4n) is 4.16. The molecule has 5 atom stereocenters. The summed E-state index contributed by atoms with van der Waals surface area (Å²) in [6, 6.07) is 9.80. The van der Waals surface area contributed by atoms with E-state index in [-0.39, 0.29) is 55.4 Å². The number of hydrogen-bond acceptors (Lipinski definition) is 13. The molecule has 0 bridgehead atoms. The zero-order chi connectivity index (χ0) is 36.3. The number of phenols is 1. The van der Waals surface area contributed by atoms with Gasteiger partial charge < -0.3 is 43.4 Å². The molecule has 0 aliphatic heterocycles. The molecule has 49 heavy (non-hydrogen) atoms. The molecule has 268 valence electrons. The van der Waals surface area contributed by atoms with Crippen molar-refractivity contribution in [2.75, 3.05) is 18.1 Å². The molecule has 0 aromatic heterocycles.